The molecule has 0 spiro atoms. The fourth-order valence-corrected chi connectivity index (χ4v) is 3.62. The molecule has 8 heteroatoms. The highest BCUT2D eigenvalue weighted by Crippen LogP contribution is 2.46. The van der Waals surface area contributed by atoms with E-state index in [1.165, 1.54) is 16.8 Å². The van der Waals surface area contributed by atoms with Gasteiger partial charge in [-0.15, -0.1) is 0 Å². The maximum atomic E-state index is 12.9. The van der Waals surface area contributed by atoms with Crippen LogP contribution in [0, 0.1) is 10.8 Å². The number of aliphatic hydroxyl groups is 1. The summed E-state index contributed by atoms with van der Waals surface area (Å²) in [6, 6.07) is 1.50. The highest BCUT2D eigenvalue weighted by atomic mass is 16.6. The second-order valence-electron chi connectivity index (χ2n) is 8.74. The zero-order chi connectivity index (χ0) is 21.1. The minimum absolute atomic E-state index is 0.118. The quantitative estimate of drug-likeness (QED) is 0.512. The molecule has 158 valence electrons. The molecule has 1 fully saturated rings. The van der Waals surface area contributed by atoms with Crippen molar-refractivity contribution < 1.29 is 19.4 Å². The van der Waals surface area contributed by atoms with Gasteiger partial charge < -0.3 is 20.3 Å². The van der Waals surface area contributed by atoms with Crippen molar-refractivity contribution in [3.8, 4) is 0 Å². The Bertz CT molecular complexity index is 744. The van der Waals surface area contributed by atoms with Gasteiger partial charge in [-0.1, -0.05) is 40.0 Å². The predicted octanol–water partition coefficient (Wildman–Crippen LogP) is 2.26. The van der Waals surface area contributed by atoms with Crippen LogP contribution in [0.1, 0.15) is 66.5 Å². The van der Waals surface area contributed by atoms with Crippen molar-refractivity contribution in [3.63, 3.8) is 0 Å². The summed E-state index contributed by atoms with van der Waals surface area (Å²) in [5, 5.41) is 9.80. The van der Waals surface area contributed by atoms with Gasteiger partial charge in [0.2, 0.25) is 0 Å². The van der Waals surface area contributed by atoms with Crippen LogP contribution in [-0.4, -0.2) is 39.4 Å². The number of hydrogen-bond acceptors (Lipinski definition) is 7. The fraction of sp³-hybridized carbons (Fsp3) is 0.750. The molecule has 1 unspecified atom stereocenters. The van der Waals surface area contributed by atoms with Crippen molar-refractivity contribution in [1.29, 1.82) is 0 Å². The summed E-state index contributed by atoms with van der Waals surface area (Å²) in [7, 11) is 0. The molecule has 1 saturated heterocycles. The Morgan fingerprint density at radius 2 is 2.11 bits per heavy atom. The Balaban J connectivity index is 2.23. The molecule has 2 rings (SSSR count). The third kappa shape index (κ3) is 4.55. The summed E-state index contributed by atoms with van der Waals surface area (Å²) >= 11 is 0. The van der Waals surface area contributed by atoms with Gasteiger partial charge in [-0.2, -0.15) is 4.98 Å². The highest BCUT2D eigenvalue weighted by Gasteiger charge is 2.54. The van der Waals surface area contributed by atoms with E-state index in [-0.39, 0.29) is 18.4 Å². The van der Waals surface area contributed by atoms with Gasteiger partial charge >= 0.3 is 11.7 Å². The molecule has 0 aliphatic carbocycles. The SMILES string of the molecule is CCCCCC(C)(C)C(=O)OC1[C@@H](CO)O[C@@H](n2ccc(N)nc2=O)C1(C)C. The van der Waals surface area contributed by atoms with Gasteiger partial charge in [-0.05, 0) is 26.3 Å². The van der Waals surface area contributed by atoms with E-state index >= 15 is 0 Å². The number of rotatable bonds is 8. The van der Waals surface area contributed by atoms with Crippen LogP contribution in [0.4, 0.5) is 5.82 Å². The predicted molar refractivity (Wildman–Crippen MR) is 105 cm³/mol. The monoisotopic (exact) mass is 395 g/mol. The molecule has 1 aromatic rings. The van der Waals surface area contributed by atoms with Gasteiger partial charge in [0.25, 0.3) is 0 Å². The van der Waals surface area contributed by atoms with E-state index in [1.54, 1.807) is 0 Å². The Morgan fingerprint density at radius 1 is 1.43 bits per heavy atom. The number of hydrogen-bond donors (Lipinski definition) is 2. The van der Waals surface area contributed by atoms with E-state index < -0.39 is 35.0 Å². The minimum atomic E-state index is -0.760. The van der Waals surface area contributed by atoms with Crippen molar-refractivity contribution in [2.45, 2.75) is 78.7 Å². The van der Waals surface area contributed by atoms with E-state index in [4.69, 9.17) is 15.2 Å². The second-order valence-corrected chi connectivity index (χ2v) is 8.74. The Hall–Kier alpha value is -1.93. The molecule has 0 saturated carbocycles. The van der Waals surface area contributed by atoms with Gasteiger partial charge in [0.1, 0.15) is 24.3 Å². The molecule has 1 aliphatic heterocycles. The van der Waals surface area contributed by atoms with Crippen LogP contribution in [0.2, 0.25) is 0 Å². The lowest BCUT2D eigenvalue weighted by Crippen LogP contribution is -2.43. The number of ether oxygens (including phenoxy) is 2. The van der Waals surface area contributed by atoms with Gasteiger partial charge in [-0.25, -0.2) is 4.79 Å². The second kappa shape index (κ2) is 8.61. The molecular weight excluding hydrogens is 362 g/mol. The van der Waals surface area contributed by atoms with Crippen LogP contribution in [-0.2, 0) is 14.3 Å². The highest BCUT2D eigenvalue weighted by molar-refractivity contribution is 5.76. The van der Waals surface area contributed by atoms with Gasteiger partial charge in [0, 0.05) is 11.6 Å². The molecule has 0 amide bonds. The van der Waals surface area contributed by atoms with Crippen LogP contribution >= 0.6 is 0 Å². The number of unbranched alkanes of at least 4 members (excludes halogenated alkanes) is 2. The third-order valence-electron chi connectivity index (χ3n) is 5.49. The molecule has 3 atom stereocenters. The lowest BCUT2D eigenvalue weighted by molar-refractivity contribution is -0.168. The van der Waals surface area contributed by atoms with Gasteiger partial charge in [-0.3, -0.25) is 9.36 Å². The molecule has 2 heterocycles. The summed E-state index contributed by atoms with van der Waals surface area (Å²) in [5.41, 5.74) is 3.61. The maximum absolute atomic E-state index is 12.9. The first-order valence-corrected chi connectivity index (χ1v) is 9.86. The van der Waals surface area contributed by atoms with Crippen LogP contribution in [0.5, 0.6) is 0 Å². The smallest absolute Gasteiger partial charge is 0.351 e. The zero-order valence-corrected chi connectivity index (χ0v) is 17.5. The molecule has 0 bridgehead atoms. The van der Waals surface area contributed by atoms with Crippen LogP contribution in [0.15, 0.2) is 17.1 Å². The van der Waals surface area contributed by atoms with Crippen molar-refractivity contribution in [3.05, 3.63) is 22.7 Å². The number of nitrogen functional groups attached to an aromatic ring is 1. The van der Waals surface area contributed by atoms with Crippen LogP contribution < -0.4 is 11.4 Å². The number of nitrogens with two attached hydrogens (primary N) is 1. The first-order valence-electron chi connectivity index (χ1n) is 9.86. The molecule has 0 aromatic carbocycles. The van der Waals surface area contributed by atoms with Crippen LogP contribution in [0.25, 0.3) is 0 Å². The number of nitrogens with zero attached hydrogens (tertiary/aromatic N) is 2. The molecular formula is C20H33N3O5. The molecule has 1 aromatic heterocycles. The van der Waals surface area contributed by atoms with Gasteiger partial charge in [0.05, 0.1) is 12.0 Å². The maximum Gasteiger partial charge on any atom is 0.351 e. The molecule has 3 N–H and O–H groups in total. The van der Waals surface area contributed by atoms with Crippen LogP contribution in [0.3, 0.4) is 0 Å². The van der Waals surface area contributed by atoms with Crippen molar-refractivity contribution in [2.75, 3.05) is 12.3 Å². The Labute approximate surface area is 166 Å². The standard InChI is InChI=1S/C20H33N3O5/c1-6-7-8-10-19(2,3)17(25)28-15-13(12-24)27-16(20(15,4)5)23-11-9-14(21)22-18(23)26/h9,11,13,15-16,24H,6-8,10,12H2,1-5H3,(H2,21,22,26)/t13-,15?,16-/m1/s1. The normalized spacial score (nSPS) is 24.3. The largest absolute Gasteiger partial charge is 0.458 e. The number of aliphatic hydroxyl groups excluding tert-OH is 1. The van der Waals surface area contributed by atoms with Gasteiger partial charge in [0.15, 0.2) is 0 Å². The first-order chi connectivity index (χ1) is 13.0. The lowest BCUT2D eigenvalue weighted by atomic mass is 9.83. The fourth-order valence-electron chi connectivity index (χ4n) is 3.62. The van der Waals surface area contributed by atoms with E-state index in [1.807, 2.05) is 27.7 Å². The number of aromatic nitrogens is 2. The Morgan fingerprint density at radius 3 is 2.68 bits per heavy atom. The summed E-state index contributed by atoms with van der Waals surface area (Å²) < 4.78 is 13.1. The van der Waals surface area contributed by atoms with Crippen molar-refractivity contribution in [2.24, 2.45) is 10.8 Å². The van der Waals surface area contributed by atoms with Crippen molar-refractivity contribution in [1.82, 2.24) is 9.55 Å². The summed E-state index contributed by atoms with van der Waals surface area (Å²) in [6.07, 6.45) is 3.13. The first kappa shape index (κ1) is 22.4. The Kier molecular flexibility index (Phi) is 6.88. The topological polar surface area (TPSA) is 117 Å². The lowest BCUT2D eigenvalue weighted by Gasteiger charge is -2.33. The van der Waals surface area contributed by atoms with E-state index in [0.717, 1.165) is 25.7 Å². The number of esters is 1. The minimum Gasteiger partial charge on any atom is -0.458 e. The summed E-state index contributed by atoms with van der Waals surface area (Å²) in [5.74, 6) is -0.209. The summed E-state index contributed by atoms with van der Waals surface area (Å²) in [4.78, 5) is 28.9. The third-order valence-corrected chi connectivity index (χ3v) is 5.49. The zero-order valence-electron chi connectivity index (χ0n) is 17.5. The number of carbonyl (C=O) groups is 1. The van der Waals surface area contributed by atoms with E-state index in [9.17, 15) is 14.7 Å². The number of carbonyl (C=O) groups excluding carboxylic acids is 1. The molecule has 28 heavy (non-hydrogen) atoms. The number of anilines is 1. The average molecular weight is 396 g/mol. The van der Waals surface area contributed by atoms with Crippen molar-refractivity contribution >= 4 is 11.8 Å². The summed E-state index contributed by atoms with van der Waals surface area (Å²) in [6.45, 7) is 9.21. The average Bonchev–Trinajstić information content (AvgIpc) is 2.86. The van der Waals surface area contributed by atoms with E-state index in [0.29, 0.717) is 0 Å². The molecule has 0 radical (unpaired) electrons. The molecule has 8 nitrogen and oxygen atoms in total. The van der Waals surface area contributed by atoms with E-state index in [2.05, 4.69) is 11.9 Å². The molecule has 1 aliphatic rings.